The van der Waals surface area contributed by atoms with Gasteiger partial charge in [0.05, 0.1) is 19.8 Å². The normalized spacial score (nSPS) is 14.8. The molecule has 3 heteroatoms. The minimum absolute atomic E-state index is 0.0594. The molecule has 0 bridgehead atoms. The van der Waals surface area contributed by atoms with Crippen molar-refractivity contribution in [3.63, 3.8) is 0 Å². The van der Waals surface area contributed by atoms with Gasteiger partial charge in [-0.05, 0) is 31.5 Å². The summed E-state index contributed by atoms with van der Waals surface area (Å²) in [6, 6.07) is 7.79. The second-order valence-corrected chi connectivity index (χ2v) is 4.97. The molecular weight excluding hydrogens is 252 g/mol. The van der Waals surface area contributed by atoms with Crippen molar-refractivity contribution in [3.05, 3.63) is 29.8 Å². The molecule has 0 aromatic heterocycles. The molecule has 3 nitrogen and oxygen atoms in total. The molecular formula is C17H24O3. The van der Waals surface area contributed by atoms with E-state index in [2.05, 4.69) is 11.8 Å². The zero-order valence-corrected chi connectivity index (χ0v) is 12.7. The van der Waals surface area contributed by atoms with E-state index in [1.807, 2.05) is 45.0 Å². The Kier molecular flexibility index (Phi) is 7.14. The van der Waals surface area contributed by atoms with Crippen LogP contribution in [0.2, 0.25) is 0 Å². The van der Waals surface area contributed by atoms with Crippen molar-refractivity contribution in [2.75, 3.05) is 13.7 Å². The summed E-state index contributed by atoms with van der Waals surface area (Å²) in [5.41, 5.74) is 1.08. The van der Waals surface area contributed by atoms with Gasteiger partial charge in [-0.1, -0.05) is 25.0 Å². The minimum atomic E-state index is -0.0745. The number of benzene rings is 1. The maximum absolute atomic E-state index is 9.34. The van der Waals surface area contributed by atoms with Crippen molar-refractivity contribution in [2.45, 2.75) is 33.5 Å². The fraction of sp³-hybridized carbons (Fsp3) is 0.529. The first kappa shape index (κ1) is 16.6. The van der Waals surface area contributed by atoms with Gasteiger partial charge in [0.1, 0.15) is 5.75 Å². The standard InChI is InChI=1S/C17H24O3/c1-5-6-13(2)17(14(3)11-18)20-12-15-7-9-16(19-4)10-8-15/h7-10,13-14,17-18H,11-12H2,1-4H3/t13-,14+,17+/m1/s1. The second kappa shape index (κ2) is 8.63. The van der Waals surface area contributed by atoms with Crippen molar-refractivity contribution in [1.82, 2.24) is 0 Å². The van der Waals surface area contributed by atoms with E-state index in [4.69, 9.17) is 9.47 Å². The van der Waals surface area contributed by atoms with Crippen molar-refractivity contribution in [3.8, 4) is 17.6 Å². The first-order chi connectivity index (χ1) is 9.62. The predicted molar refractivity (Wildman–Crippen MR) is 80.4 cm³/mol. The Balaban J connectivity index is 2.66. The van der Waals surface area contributed by atoms with Crippen LogP contribution in [-0.2, 0) is 11.3 Å². The summed E-state index contributed by atoms with van der Waals surface area (Å²) in [7, 11) is 1.65. The van der Waals surface area contributed by atoms with Gasteiger partial charge in [-0.25, -0.2) is 0 Å². The van der Waals surface area contributed by atoms with Gasteiger partial charge in [-0.2, -0.15) is 0 Å². The Morgan fingerprint density at radius 1 is 1.20 bits per heavy atom. The highest BCUT2D eigenvalue weighted by Gasteiger charge is 2.22. The summed E-state index contributed by atoms with van der Waals surface area (Å²) in [5, 5.41) is 9.34. The molecule has 3 atom stereocenters. The average molecular weight is 276 g/mol. The van der Waals surface area contributed by atoms with Crippen LogP contribution >= 0.6 is 0 Å². The highest BCUT2D eigenvalue weighted by atomic mass is 16.5. The van der Waals surface area contributed by atoms with Gasteiger partial charge in [0.2, 0.25) is 0 Å². The van der Waals surface area contributed by atoms with Crippen LogP contribution in [0.5, 0.6) is 5.75 Å². The summed E-state index contributed by atoms with van der Waals surface area (Å²) in [6.45, 7) is 6.44. The molecule has 0 radical (unpaired) electrons. The predicted octanol–water partition coefficient (Wildman–Crippen LogP) is 2.87. The van der Waals surface area contributed by atoms with Crippen LogP contribution in [0.1, 0.15) is 26.3 Å². The summed E-state index contributed by atoms with van der Waals surface area (Å²) in [4.78, 5) is 0. The molecule has 0 aliphatic carbocycles. The molecule has 0 saturated heterocycles. The van der Waals surface area contributed by atoms with E-state index in [1.165, 1.54) is 0 Å². The zero-order chi connectivity index (χ0) is 15.0. The van der Waals surface area contributed by atoms with Crippen LogP contribution < -0.4 is 4.74 Å². The molecule has 0 aliphatic heterocycles. The van der Waals surface area contributed by atoms with E-state index >= 15 is 0 Å². The van der Waals surface area contributed by atoms with Gasteiger partial charge >= 0.3 is 0 Å². The topological polar surface area (TPSA) is 38.7 Å². The van der Waals surface area contributed by atoms with Crippen LogP contribution in [0.4, 0.5) is 0 Å². The van der Waals surface area contributed by atoms with E-state index in [0.29, 0.717) is 6.61 Å². The molecule has 0 saturated carbocycles. The Morgan fingerprint density at radius 3 is 2.35 bits per heavy atom. The second-order valence-electron chi connectivity index (χ2n) is 4.97. The number of hydrogen-bond acceptors (Lipinski definition) is 3. The molecule has 1 aromatic rings. The molecule has 0 unspecified atom stereocenters. The van der Waals surface area contributed by atoms with E-state index in [9.17, 15) is 5.11 Å². The lowest BCUT2D eigenvalue weighted by molar-refractivity contribution is -0.0288. The number of aliphatic hydroxyl groups is 1. The number of ether oxygens (including phenoxy) is 2. The Morgan fingerprint density at radius 2 is 1.85 bits per heavy atom. The first-order valence-electron chi connectivity index (χ1n) is 6.90. The molecule has 1 N–H and O–H groups in total. The lowest BCUT2D eigenvalue weighted by atomic mass is 9.94. The van der Waals surface area contributed by atoms with E-state index in [-0.39, 0.29) is 24.5 Å². The summed E-state index contributed by atoms with van der Waals surface area (Å²) in [6.07, 6.45) is -0.0745. The van der Waals surface area contributed by atoms with Crippen molar-refractivity contribution in [2.24, 2.45) is 11.8 Å². The van der Waals surface area contributed by atoms with Crippen LogP contribution in [0, 0.1) is 23.7 Å². The van der Waals surface area contributed by atoms with Crippen LogP contribution in [0.15, 0.2) is 24.3 Å². The Bertz CT molecular complexity index is 442. The molecule has 0 spiro atoms. The van der Waals surface area contributed by atoms with E-state index in [0.717, 1.165) is 11.3 Å². The lowest BCUT2D eigenvalue weighted by Gasteiger charge is -2.26. The van der Waals surface area contributed by atoms with Crippen molar-refractivity contribution >= 4 is 0 Å². The maximum atomic E-state index is 9.34. The van der Waals surface area contributed by atoms with E-state index in [1.54, 1.807) is 7.11 Å². The molecule has 1 rings (SSSR count). The fourth-order valence-corrected chi connectivity index (χ4v) is 2.13. The quantitative estimate of drug-likeness (QED) is 0.778. The summed E-state index contributed by atoms with van der Waals surface area (Å²) < 4.78 is 11.1. The molecule has 0 amide bonds. The van der Waals surface area contributed by atoms with Gasteiger partial charge in [-0.15, -0.1) is 5.92 Å². The first-order valence-corrected chi connectivity index (χ1v) is 6.90. The molecule has 0 fully saturated rings. The number of aliphatic hydroxyl groups excluding tert-OH is 1. The summed E-state index contributed by atoms with van der Waals surface area (Å²) in [5.74, 6) is 7.01. The van der Waals surface area contributed by atoms with E-state index < -0.39 is 0 Å². The third-order valence-corrected chi connectivity index (χ3v) is 3.32. The van der Waals surface area contributed by atoms with Gasteiger partial charge in [-0.3, -0.25) is 0 Å². The molecule has 110 valence electrons. The van der Waals surface area contributed by atoms with Crippen LogP contribution in [0.25, 0.3) is 0 Å². The van der Waals surface area contributed by atoms with Gasteiger partial charge < -0.3 is 14.6 Å². The number of methoxy groups -OCH3 is 1. The van der Waals surface area contributed by atoms with Crippen molar-refractivity contribution in [1.29, 1.82) is 0 Å². The number of hydrogen-bond donors (Lipinski definition) is 1. The van der Waals surface area contributed by atoms with Gasteiger partial charge in [0, 0.05) is 18.4 Å². The SMILES string of the molecule is CC#C[C@@H](C)[C@H](OCc1ccc(OC)cc1)[C@@H](C)CO. The smallest absolute Gasteiger partial charge is 0.118 e. The van der Waals surface area contributed by atoms with Crippen molar-refractivity contribution < 1.29 is 14.6 Å². The monoisotopic (exact) mass is 276 g/mol. The van der Waals surface area contributed by atoms with Crippen LogP contribution in [0.3, 0.4) is 0 Å². The van der Waals surface area contributed by atoms with Gasteiger partial charge in [0.25, 0.3) is 0 Å². The highest BCUT2D eigenvalue weighted by molar-refractivity contribution is 5.26. The van der Waals surface area contributed by atoms with Crippen LogP contribution in [-0.4, -0.2) is 24.9 Å². The lowest BCUT2D eigenvalue weighted by Crippen LogP contribution is -2.30. The third-order valence-electron chi connectivity index (χ3n) is 3.32. The summed E-state index contributed by atoms with van der Waals surface area (Å²) >= 11 is 0. The maximum Gasteiger partial charge on any atom is 0.118 e. The fourth-order valence-electron chi connectivity index (χ4n) is 2.13. The highest BCUT2D eigenvalue weighted by Crippen LogP contribution is 2.19. The zero-order valence-electron chi connectivity index (χ0n) is 12.7. The Hall–Kier alpha value is -1.50. The minimum Gasteiger partial charge on any atom is -0.497 e. The number of rotatable bonds is 7. The molecule has 1 aromatic carbocycles. The molecule has 0 heterocycles. The van der Waals surface area contributed by atoms with Gasteiger partial charge in [0.15, 0.2) is 0 Å². The molecule has 0 aliphatic rings. The Labute approximate surface area is 121 Å². The largest absolute Gasteiger partial charge is 0.497 e. The third kappa shape index (κ3) is 4.88. The molecule has 20 heavy (non-hydrogen) atoms. The average Bonchev–Trinajstić information content (AvgIpc) is 2.48.